The second-order valence-corrected chi connectivity index (χ2v) is 8.83. The molecule has 0 saturated heterocycles. The van der Waals surface area contributed by atoms with Crippen molar-refractivity contribution in [3.8, 4) is 0 Å². The molecule has 0 saturated carbocycles. The molecule has 0 fully saturated rings. The predicted octanol–water partition coefficient (Wildman–Crippen LogP) is 4.84. The number of carbonyl (C=O) groups excluding carboxylic acids is 2. The molecule has 0 aliphatic carbocycles. The van der Waals surface area contributed by atoms with Gasteiger partial charge in [-0.2, -0.15) is 11.8 Å². The number of nitrogens with one attached hydrogen (secondary N) is 1. The van der Waals surface area contributed by atoms with Crippen LogP contribution in [0.25, 0.3) is 0 Å². The third-order valence-electron chi connectivity index (χ3n) is 5.39. The maximum absolute atomic E-state index is 14.4. The summed E-state index contributed by atoms with van der Waals surface area (Å²) in [5, 5.41) is 2.68. The lowest BCUT2D eigenvalue weighted by molar-refractivity contribution is -0.140. The molecule has 0 spiro atoms. The summed E-state index contributed by atoms with van der Waals surface area (Å²) in [4.78, 5) is 27.7. The average molecular weight is 465 g/mol. The molecule has 3 aromatic rings. The molecule has 0 aliphatic rings. The van der Waals surface area contributed by atoms with Gasteiger partial charge in [-0.05, 0) is 17.2 Å². The van der Waals surface area contributed by atoms with Crippen LogP contribution >= 0.6 is 11.8 Å². The zero-order valence-electron chi connectivity index (χ0n) is 18.7. The smallest absolute Gasteiger partial charge is 0.242 e. The van der Waals surface area contributed by atoms with Crippen molar-refractivity contribution in [2.45, 2.75) is 31.2 Å². The first kappa shape index (κ1) is 24.5. The van der Waals surface area contributed by atoms with Gasteiger partial charge < -0.3 is 10.2 Å². The van der Waals surface area contributed by atoms with Crippen molar-refractivity contribution in [1.82, 2.24) is 10.2 Å². The maximum atomic E-state index is 14.4. The zero-order valence-corrected chi connectivity index (χ0v) is 19.6. The Kier molecular flexibility index (Phi) is 9.51. The standard InChI is InChI=1S/C27H29FN2O2S/c1-29-27(32)25(18-21-10-4-2-5-11-21)30(19-23-14-8-9-15-24(23)28)26(31)16-17-33-20-22-12-6-3-7-13-22/h2-15,25H,16-20H2,1H3,(H,29,32)/t25-/m1/s1. The van der Waals surface area contributed by atoms with Gasteiger partial charge in [0.1, 0.15) is 11.9 Å². The van der Waals surface area contributed by atoms with E-state index in [2.05, 4.69) is 17.4 Å². The number of nitrogens with zero attached hydrogens (tertiary/aromatic N) is 1. The molecule has 0 aliphatic heterocycles. The van der Waals surface area contributed by atoms with Gasteiger partial charge in [0.25, 0.3) is 0 Å². The largest absolute Gasteiger partial charge is 0.357 e. The number of carbonyl (C=O) groups is 2. The summed E-state index contributed by atoms with van der Waals surface area (Å²) in [7, 11) is 1.56. The van der Waals surface area contributed by atoms with E-state index in [-0.39, 0.29) is 30.6 Å². The van der Waals surface area contributed by atoms with Gasteiger partial charge in [-0.15, -0.1) is 0 Å². The topological polar surface area (TPSA) is 49.4 Å². The van der Waals surface area contributed by atoms with Crippen LogP contribution in [0.4, 0.5) is 4.39 Å². The second-order valence-electron chi connectivity index (χ2n) is 7.72. The van der Waals surface area contributed by atoms with Crippen molar-refractivity contribution in [3.63, 3.8) is 0 Å². The maximum Gasteiger partial charge on any atom is 0.242 e. The molecular formula is C27H29FN2O2S. The van der Waals surface area contributed by atoms with Crippen LogP contribution < -0.4 is 5.32 Å². The first-order valence-electron chi connectivity index (χ1n) is 11.0. The predicted molar refractivity (Wildman–Crippen MR) is 132 cm³/mol. The van der Waals surface area contributed by atoms with Gasteiger partial charge >= 0.3 is 0 Å². The molecule has 1 N–H and O–H groups in total. The Morgan fingerprint density at radius 3 is 2.15 bits per heavy atom. The van der Waals surface area contributed by atoms with E-state index in [4.69, 9.17) is 0 Å². The van der Waals surface area contributed by atoms with E-state index in [9.17, 15) is 14.0 Å². The van der Waals surface area contributed by atoms with Crippen molar-refractivity contribution in [3.05, 3.63) is 107 Å². The Morgan fingerprint density at radius 1 is 0.909 bits per heavy atom. The summed E-state index contributed by atoms with van der Waals surface area (Å²) in [5.41, 5.74) is 2.53. The van der Waals surface area contributed by atoms with Crippen molar-refractivity contribution in [2.24, 2.45) is 0 Å². The molecule has 0 aromatic heterocycles. The first-order valence-corrected chi connectivity index (χ1v) is 12.1. The van der Waals surface area contributed by atoms with E-state index in [0.717, 1.165) is 11.3 Å². The van der Waals surface area contributed by atoms with E-state index in [0.29, 0.717) is 17.7 Å². The number of halogens is 1. The normalized spacial score (nSPS) is 11.6. The Bertz CT molecular complexity index is 1030. The summed E-state index contributed by atoms with van der Waals surface area (Å²) in [6.45, 7) is 0.0414. The molecule has 33 heavy (non-hydrogen) atoms. The first-order chi connectivity index (χ1) is 16.1. The van der Waals surface area contributed by atoms with E-state index >= 15 is 0 Å². The Morgan fingerprint density at radius 2 is 1.52 bits per heavy atom. The third kappa shape index (κ3) is 7.46. The van der Waals surface area contributed by atoms with Gasteiger partial charge in [0.15, 0.2) is 0 Å². The van der Waals surface area contributed by atoms with Crippen LogP contribution in [-0.2, 0) is 28.3 Å². The van der Waals surface area contributed by atoms with E-state index in [1.54, 1.807) is 37.0 Å². The van der Waals surface area contributed by atoms with E-state index in [1.807, 2.05) is 48.5 Å². The fraction of sp³-hybridized carbons (Fsp3) is 0.259. The number of rotatable bonds is 11. The number of amides is 2. The molecular weight excluding hydrogens is 435 g/mol. The molecule has 3 rings (SSSR count). The molecule has 4 nitrogen and oxygen atoms in total. The monoisotopic (exact) mass is 464 g/mol. The average Bonchev–Trinajstić information content (AvgIpc) is 2.85. The lowest BCUT2D eigenvalue weighted by atomic mass is 10.0. The molecule has 6 heteroatoms. The minimum absolute atomic E-state index is 0.0414. The highest BCUT2D eigenvalue weighted by Crippen LogP contribution is 2.19. The second kappa shape index (κ2) is 12.8. The van der Waals surface area contributed by atoms with E-state index in [1.165, 1.54) is 16.5 Å². The summed E-state index contributed by atoms with van der Waals surface area (Å²) in [6.07, 6.45) is 0.631. The minimum atomic E-state index is -0.733. The molecule has 0 radical (unpaired) electrons. The van der Waals surface area contributed by atoms with Crippen LogP contribution in [0.2, 0.25) is 0 Å². The van der Waals surface area contributed by atoms with Crippen molar-refractivity contribution < 1.29 is 14.0 Å². The molecule has 0 bridgehead atoms. The van der Waals surface area contributed by atoms with Crippen molar-refractivity contribution in [1.29, 1.82) is 0 Å². The Labute approximate surface area is 199 Å². The van der Waals surface area contributed by atoms with Crippen molar-refractivity contribution in [2.75, 3.05) is 12.8 Å². The number of benzene rings is 3. The van der Waals surface area contributed by atoms with Crippen LogP contribution in [0.15, 0.2) is 84.9 Å². The van der Waals surface area contributed by atoms with Crippen molar-refractivity contribution >= 4 is 23.6 Å². The van der Waals surface area contributed by atoms with Crippen LogP contribution in [0.1, 0.15) is 23.1 Å². The SMILES string of the molecule is CNC(=O)[C@@H](Cc1ccccc1)N(Cc1ccccc1F)C(=O)CCSCc1ccccc1. The quantitative estimate of drug-likeness (QED) is 0.413. The fourth-order valence-corrected chi connectivity index (χ4v) is 4.49. The summed E-state index contributed by atoms with van der Waals surface area (Å²) >= 11 is 1.67. The van der Waals surface area contributed by atoms with Gasteiger partial charge in [-0.3, -0.25) is 9.59 Å². The number of hydrogen-bond donors (Lipinski definition) is 1. The molecule has 1 atom stereocenters. The number of thioether (sulfide) groups is 1. The summed E-state index contributed by atoms with van der Waals surface area (Å²) in [6, 6.07) is 25.3. The van der Waals surface area contributed by atoms with Gasteiger partial charge in [-0.1, -0.05) is 78.9 Å². The Balaban J connectivity index is 1.76. The lowest BCUT2D eigenvalue weighted by Gasteiger charge is -2.31. The van der Waals surface area contributed by atoms with Crippen LogP contribution in [-0.4, -0.2) is 35.6 Å². The molecule has 0 heterocycles. The van der Waals surface area contributed by atoms with Crippen LogP contribution in [0, 0.1) is 5.82 Å². The van der Waals surface area contributed by atoms with Crippen LogP contribution in [0.3, 0.4) is 0 Å². The van der Waals surface area contributed by atoms with Gasteiger partial charge in [-0.25, -0.2) is 4.39 Å². The summed E-state index contributed by atoms with van der Waals surface area (Å²) < 4.78 is 14.4. The highest BCUT2D eigenvalue weighted by molar-refractivity contribution is 7.98. The molecule has 3 aromatic carbocycles. The zero-order chi connectivity index (χ0) is 23.5. The van der Waals surface area contributed by atoms with Crippen LogP contribution in [0.5, 0.6) is 0 Å². The highest BCUT2D eigenvalue weighted by Gasteiger charge is 2.30. The number of likely N-dealkylation sites (N-methyl/N-ethyl adjacent to an activating group) is 1. The molecule has 172 valence electrons. The van der Waals surface area contributed by atoms with Gasteiger partial charge in [0.2, 0.25) is 11.8 Å². The molecule has 0 unspecified atom stereocenters. The van der Waals surface area contributed by atoms with E-state index < -0.39 is 6.04 Å². The fourth-order valence-electron chi connectivity index (χ4n) is 3.60. The minimum Gasteiger partial charge on any atom is -0.357 e. The Hall–Kier alpha value is -3.12. The van der Waals surface area contributed by atoms with Gasteiger partial charge in [0, 0.05) is 43.5 Å². The lowest BCUT2D eigenvalue weighted by Crippen LogP contribution is -2.50. The molecule has 2 amide bonds. The number of hydrogen-bond acceptors (Lipinski definition) is 3. The third-order valence-corrected chi connectivity index (χ3v) is 6.42. The highest BCUT2D eigenvalue weighted by atomic mass is 32.2. The van der Waals surface area contributed by atoms with Gasteiger partial charge in [0.05, 0.1) is 0 Å². The summed E-state index contributed by atoms with van der Waals surface area (Å²) in [5.74, 6) is 0.616.